The molecule has 1 fully saturated rings. The lowest BCUT2D eigenvalue weighted by atomic mass is 10.1. The van der Waals surface area contributed by atoms with Gasteiger partial charge in [0.15, 0.2) is 0 Å². The summed E-state index contributed by atoms with van der Waals surface area (Å²) in [6, 6.07) is -0.329. The van der Waals surface area contributed by atoms with Crippen LogP contribution in [0.5, 0.6) is 0 Å². The molecule has 60 valence electrons. The molecule has 0 aliphatic heterocycles. The zero-order valence-electron chi connectivity index (χ0n) is 5.99. The molecule has 0 aromatic carbocycles. The molecule has 4 heteroatoms. The third kappa shape index (κ3) is 1.65. The highest BCUT2D eigenvalue weighted by molar-refractivity contribution is 5.71. The molecule has 1 aliphatic carbocycles. The lowest BCUT2D eigenvalue weighted by molar-refractivity contribution is -0.141. The van der Waals surface area contributed by atoms with Gasteiger partial charge in [0.1, 0.15) is 0 Å². The number of carbonyl (C=O) groups is 1. The predicted molar refractivity (Wildman–Crippen MR) is 36.9 cm³/mol. The van der Waals surface area contributed by atoms with Gasteiger partial charge in [-0.05, 0) is 12.8 Å². The molecule has 0 bridgehead atoms. The molecule has 0 heterocycles. The molecule has 0 spiro atoms. The lowest BCUT2D eigenvalue weighted by Crippen LogP contribution is -2.20. The van der Waals surface area contributed by atoms with Crippen LogP contribution in [0.2, 0.25) is 0 Å². The van der Waals surface area contributed by atoms with Gasteiger partial charge in [0, 0.05) is 0 Å². The van der Waals surface area contributed by atoms with Gasteiger partial charge in [-0.2, -0.15) is 0 Å². The van der Waals surface area contributed by atoms with Gasteiger partial charge in [-0.3, -0.25) is 4.79 Å². The topological polar surface area (TPSA) is 66.7 Å². The number of carboxylic acids is 1. The highest BCUT2D eigenvalue weighted by atomic mass is 16.4. The second-order valence-corrected chi connectivity index (χ2v) is 2.66. The van der Waals surface area contributed by atoms with Crippen molar-refractivity contribution in [2.24, 2.45) is 10.9 Å². The van der Waals surface area contributed by atoms with Gasteiger partial charge in [0.25, 0.3) is 0 Å². The van der Waals surface area contributed by atoms with E-state index < -0.39 is 11.9 Å². The fourth-order valence-electron chi connectivity index (χ4n) is 1.45. The summed E-state index contributed by atoms with van der Waals surface area (Å²) in [4.78, 5) is 23.8. The first kappa shape index (κ1) is 7.95. The first-order chi connectivity index (χ1) is 5.25. The van der Waals surface area contributed by atoms with Crippen LogP contribution in [-0.4, -0.2) is 23.2 Å². The third-order valence-corrected chi connectivity index (χ3v) is 2.02. The van der Waals surface area contributed by atoms with E-state index in [1.165, 1.54) is 6.08 Å². The van der Waals surface area contributed by atoms with Crippen molar-refractivity contribution in [3.63, 3.8) is 0 Å². The van der Waals surface area contributed by atoms with E-state index in [1.807, 2.05) is 0 Å². The van der Waals surface area contributed by atoms with Crippen molar-refractivity contribution in [2.75, 3.05) is 0 Å². The van der Waals surface area contributed by atoms with Crippen molar-refractivity contribution in [1.29, 1.82) is 0 Å². The Labute approximate surface area is 63.9 Å². The van der Waals surface area contributed by atoms with E-state index in [4.69, 9.17) is 5.11 Å². The minimum absolute atomic E-state index is 0.329. The zero-order chi connectivity index (χ0) is 8.27. The van der Waals surface area contributed by atoms with Crippen molar-refractivity contribution in [3.8, 4) is 0 Å². The molecular formula is C7H9NO3. The highest BCUT2D eigenvalue weighted by Crippen LogP contribution is 2.27. The largest absolute Gasteiger partial charge is 0.481 e. The van der Waals surface area contributed by atoms with Gasteiger partial charge in [0.05, 0.1) is 12.0 Å². The van der Waals surface area contributed by atoms with Crippen LogP contribution < -0.4 is 0 Å². The van der Waals surface area contributed by atoms with Crippen LogP contribution in [0.25, 0.3) is 0 Å². The molecule has 0 radical (unpaired) electrons. The van der Waals surface area contributed by atoms with E-state index in [0.29, 0.717) is 12.8 Å². The molecule has 0 aromatic heterocycles. The Morgan fingerprint density at radius 2 is 2.27 bits per heavy atom. The predicted octanol–water partition coefficient (Wildman–Crippen LogP) is 0.576. The molecule has 0 aromatic rings. The third-order valence-electron chi connectivity index (χ3n) is 2.02. The van der Waals surface area contributed by atoms with Crippen LogP contribution in [0, 0.1) is 5.92 Å². The molecule has 0 saturated heterocycles. The molecule has 0 amide bonds. The molecular weight excluding hydrogens is 146 g/mol. The van der Waals surface area contributed by atoms with Gasteiger partial charge in [-0.15, -0.1) is 0 Å². The number of carbonyl (C=O) groups excluding carboxylic acids is 1. The Morgan fingerprint density at radius 1 is 1.55 bits per heavy atom. The van der Waals surface area contributed by atoms with Gasteiger partial charge >= 0.3 is 5.97 Å². The lowest BCUT2D eigenvalue weighted by Gasteiger charge is -2.06. The summed E-state index contributed by atoms with van der Waals surface area (Å²) in [7, 11) is 0. The van der Waals surface area contributed by atoms with Crippen molar-refractivity contribution >= 4 is 12.0 Å². The number of carboxylic acid groups (broad SMARTS) is 1. The molecule has 11 heavy (non-hydrogen) atoms. The first-order valence-corrected chi connectivity index (χ1v) is 3.55. The number of isocyanates is 1. The van der Waals surface area contributed by atoms with E-state index >= 15 is 0 Å². The Bertz CT molecular complexity index is 200. The maximum Gasteiger partial charge on any atom is 0.308 e. The Balaban J connectivity index is 2.64. The Morgan fingerprint density at radius 3 is 2.82 bits per heavy atom. The van der Waals surface area contributed by atoms with Crippen molar-refractivity contribution in [3.05, 3.63) is 0 Å². The summed E-state index contributed by atoms with van der Waals surface area (Å²) < 4.78 is 0. The summed E-state index contributed by atoms with van der Waals surface area (Å²) in [6.07, 6.45) is 3.58. The quantitative estimate of drug-likeness (QED) is 0.468. The monoisotopic (exact) mass is 155 g/mol. The minimum atomic E-state index is -0.855. The average molecular weight is 155 g/mol. The van der Waals surface area contributed by atoms with E-state index in [-0.39, 0.29) is 6.04 Å². The van der Waals surface area contributed by atoms with Gasteiger partial charge in [0.2, 0.25) is 6.08 Å². The first-order valence-electron chi connectivity index (χ1n) is 3.55. The summed E-state index contributed by atoms with van der Waals surface area (Å²) in [6.45, 7) is 0. The molecule has 1 saturated carbocycles. The molecule has 1 aliphatic rings. The second kappa shape index (κ2) is 3.30. The zero-order valence-corrected chi connectivity index (χ0v) is 5.99. The van der Waals surface area contributed by atoms with Crippen LogP contribution in [0.4, 0.5) is 0 Å². The van der Waals surface area contributed by atoms with Crippen molar-refractivity contribution < 1.29 is 14.7 Å². The Hall–Kier alpha value is -1.15. The number of nitrogens with zero attached hydrogens (tertiary/aromatic N) is 1. The number of rotatable bonds is 2. The van der Waals surface area contributed by atoms with Crippen molar-refractivity contribution in [2.45, 2.75) is 25.3 Å². The van der Waals surface area contributed by atoms with Crippen LogP contribution in [0.1, 0.15) is 19.3 Å². The summed E-state index contributed by atoms with van der Waals surface area (Å²) in [5.74, 6) is -1.32. The van der Waals surface area contributed by atoms with Gasteiger partial charge < -0.3 is 5.11 Å². The standard InChI is InChI=1S/C7H9NO3/c9-4-8-6-3-1-2-5(6)7(10)11/h5-6H,1-3H2,(H,10,11). The summed E-state index contributed by atoms with van der Waals surface area (Å²) in [5.41, 5.74) is 0. The van der Waals surface area contributed by atoms with Crippen LogP contribution in [-0.2, 0) is 9.59 Å². The van der Waals surface area contributed by atoms with Gasteiger partial charge in [-0.25, -0.2) is 9.79 Å². The van der Waals surface area contributed by atoms with Crippen LogP contribution in [0.15, 0.2) is 4.99 Å². The maximum atomic E-state index is 10.5. The van der Waals surface area contributed by atoms with Gasteiger partial charge in [-0.1, -0.05) is 6.42 Å². The number of aliphatic carboxylic acids is 1. The minimum Gasteiger partial charge on any atom is -0.481 e. The normalized spacial score (nSPS) is 29.5. The Kier molecular flexibility index (Phi) is 2.39. The van der Waals surface area contributed by atoms with E-state index in [2.05, 4.69) is 4.99 Å². The van der Waals surface area contributed by atoms with Crippen molar-refractivity contribution in [1.82, 2.24) is 0 Å². The van der Waals surface area contributed by atoms with Crippen LogP contribution >= 0.6 is 0 Å². The average Bonchev–Trinajstić information content (AvgIpc) is 2.36. The molecule has 4 nitrogen and oxygen atoms in total. The summed E-state index contributed by atoms with van der Waals surface area (Å²) >= 11 is 0. The fourth-order valence-corrected chi connectivity index (χ4v) is 1.45. The molecule has 1 rings (SSSR count). The molecule has 2 atom stereocenters. The number of hydrogen-bond acceptors (Lipinski definition) is 3. The summed E-state index contributed by atoms with van der Waals surface area (Å²) in [5, 5.41) is 8.62. The maximum absolute atomic E-state index is 10.5. The second-order valence-electron chi connectivity index (χ2n) is 2.66. The smallest absolute Gasteiger partial charge is 0.308 e. The van der Waals surface area contributed by atoms with Crippen LogP contribution in [0.3, 0.4) is 0 Å². The SMILES string of the molecule is O=C=NC1CCCC1C(=O)O. The molecule has 1 N–H and O–H groups in total. The highest BCUT2D eigenvalue weighted by Gasteiger charge is 2.32. The number of hydrogen-bond donors (Lipinski definition) is 1. The fraction of sp³-hybridized carbons (Fsp3) is 0.714. The van der Waals surface area contributed by atoms with E-state index in [9.17, 15) is 9.59 Å². The van der Waals surface area contributed by atoms with E-state index in [1.54, 1.807) is 0 Å². The molecule has 2 unspecified atom stereocenters. The van der Waals surface area contributed by atoms with E-state index in [0.717, 1.165) is 6.42 Å². The number of aliphatic imine (C=N–C) groups is 1.